The Morgan fingerprint density at radius 1 is 1.21 bits per heavy atom. The van der Waals surface area contributed by atoms with Crippen molar-refractivity contribution in [2.75, 3.05) is 17.7 Å². The Labute approximate surface area is 171 Å². The van der Waals surface area contributed by atoms with Crippen LogP contribution >= 0.6 is 11.3 Å². The standard InChI is InChI=1S/C22H19FN2O3S/c1-12-19-15(13-7-9-14(28-2)10-8-13)11-18(26)25-22(19)29-20(12)21(27)24-17-6-4-3-5-16(17)23/h3-10,15H,11H2,1-2H3,(H,24,27)(H,25,26)/t15-/m1/s1. The summed E-state index contributed by atoms with van der Waals surface area (Å²) >= 11 is 1.21. The van der Waals surface area contributed by atoms with Crippen LogP contribution in [0.4, 0.5) is 15.1 Å². The molecule has 2 amide bonds. The Morgan fingerprint density at radius 2 is 1.93 bits per heavy atom. The molecule has 0 unspecified atom stereocenters. The summed E-state index contributed by atoms with van der Waals surface area (Å²) in [6.07, 6.45) is 0.297. The van der Waals surface area contributed by atoms with E-state index in [1.807, 2.05) is 31.2 Å². The Hall–Kier alpha value is -3.19. The minimum Gasteiger partial charge on any atom is -0.497 e. The first-order chi connectivity index (χ1) is 14.0. The number of carbonyl (C=O) groups is 2. The number of halogens is 1. The highest BCUT2D eigenvalue weighted by atomic mass is 32.1. The molecule has 148 valence electrons. The molecule has 0 saturated heterocycles. The van der Waals surface area contributed by atoms with Crippen LogP contribution < -0.4 is 15.4 Å². The lowest BCUT2D eigenvalue weighted by atomic mass is 9.85. The summed E-state index contributed by atoms with van der Waals surface area (Å²) in [7, 11) is 1.60. The van der Waals surface area contributed by atoms with E-state index in [4.69, 9.17) is 4.74 Å². The summed E-state index contributed by atoms with van der Waals surface area (Å²) in [5.41, 5.74) is 2.82. The fourth-order valence-electron chi connectivity index (χ4n) is 3.58. The molecule has 4 rings (SSSR count). The third-order valence-electron chi connectivity index (χ3n) is 5.03. The minimum absolute atomic E-state index is 0.0966. The Morgan fingerprint density at radius 3 is 2.62 bits per heavy atom. The van der Waals surface area contributed by atoms with Gasteiger partial charge in [0.25, 0.3) is 5.91 Å². The molecule has 1 aliphatic heterocycles. The Bertz CT molecular complexity index is 1090. The van der Waals surface area contributed by atoms with Crippen molar-refractivity contribution in [3.05, 3.63) is 75.9 Å². The van der Waals surface area contributed by atoms with Gasteiger partial charge in [0.15, 0.2) is 0 Å². The van der Waals surface area contributed by atoms with Crippen LogP contribution in [0.1, 0.15) is 38.7 Å². The maximum absolute atomic E-state index is 13.9. The van der Waals surface area contributed by atoms with Gasteiger partial charge in [-0.05, 0) is 47.9 Å². The zero-order valence-electron chi connectivity index (χ0n) is 15.9. The molecule has 3 aromatic rings. The number of ether oxygens (including phenoxy) is 1. The van der Waals surface area contributed by atoms with Crippen molar-refractivity contribution in [3.63, 3.8) is 0 Å². The average Bonchev–Trinajstić information content (AvgIpc) is 3.05. The van der Waals surface area contributed by atoms with E-state index in [0.29, 0.717) is 16.3 Å². The molecule has 0 spiro atoms. The molecule has 5 nitrogen and oxygen atoms in total. The summed E-state index contributed by atoms with van der Waals surface area (Å²) in [5.74, 6) is -0.406. The smallest absolute Gasteiger partial charge is 0.266 e. The van der Waals surface area contributed by atoms with Crippen molar-refractivity contribution in [3.8, 4) is 5.75 Å². The zero-order chi connectivity index (χ0) is 20.5. The van der Waals surface area contributed by atoms with E-state index in [0.717, 1.165) is 22.4 Å². The first-order valence-corrected chi connectivity index (χ1v) is 9.92. The highest BCUT2D eigenvalue weighted by molar-refractivity contribution is 7.18. The lowest BCUT2D eigenvalue weighted by Gasteiger charge is -2.24. The first kappa shape index (κ1) is 19.1. The molecule has 0 bridgehead atoms. The van der Waals surface area contributed by atoms with Gasteiger partial charge in [-0.15, -0.1) is 11.3 Å². The van der Waals surface area contributed by atoms with Gasteiger partial charge in [-0.25, -0.2) is 4.39 Å². The second-order valence-electron chi connectivity index (χ2n) is 6.81. The quantitative estimate of drug-likeness (QED) is 0.641. The summed E-state index contributed by atoms with van der Waals surface area (Å²) in [6, 6.07) is 13.6. The van der Waals surface area contributed by atoms with E-state index in [9.17, 15) is 14.0 Å². The number of nitrogens with one attached hydrogen (secondary N) is 2. The first-order valence-electron chi connectivity index (χ1n) is 9.11. The number of para-hydroxylation sites is 1. The van der Waals surface area contributed by atoms with E-state index in [1.165, 1.54) is 23.5 Å². The molecule has 0 fully saturated rings. The normalized spacial score (nSPS) is 15.4. The average molecular weight is 410 g/mol. The number of benzene rings is 2. The Balaban J connectivity index is 1.70. The molecular formula is C22H19FN2O3S. The second-order valence-corrected chi connectivity index (χ2v) is 7.83. The number of thiophene rings is 1. The number of hydrogen-bond acceptors (Lipinski definition) is 4. The molecule has 0 radical (unpaired) electrons. The van der Waals surface area contributed by atoms with Crippen molar-refractivity contribution >= 4 is 33.8 Å². The van der Waals surface area contributed by atoms with Crippen LogP contribution in [-0.2, 0) is 4.79 Å². The molecule has 2 N–H and O–H groups in total. The maximum atomic E-state index is 13.9. The molecule has 0 aliphatic carbocycles. The second kappa shape index (κ2) is 7.67. The highest BCUT2D eigenvalue weighted by Crippen LogP contribution is 2.45. The van der Waals surface area contributed by atoms with Gasteiger partial charge < -0.3 is 15.4 Å². The number of amides is 2. The monoisotopic (exact) mass is 410 g/mol. The summed E-state index contributed by atoms with van der Waals surface area (Å²) in [5, 5.41) is 6.16. The lowest BCUT2D eigenvalue weighted by molar-refractivity contribution is -0.116. The van der Waals surface area contributed by atoms with Crippen LogP contribution in [0, 0.1) is 12.7 Å². The van der Waals surface area contributed by atoms with E-state index in [1.54, 1.807) is 19.2 Å². The molecular weight excluding hydrogens is 391 g/mol. The molecule has 29 heavy (non-hydrogen) atoms. The van der Waals surface area contributed by atoms with Gasteiger partial charge in [0.1, 0.15) is 11.6 Å². The van der Waals surface area contributed by atoms with E-state index in [-0.39, 0.29) is 17.5 Å². The number of anilines is 2. The third kappa shape index (κ3) is 3.61. The number of rotatable bonds is 4. The largest absolute Gasteiger partial charge is 0.497 e. The highest BCUT2D eigenvalue weighted by Gasteiger charge is 2.33. The van der Waals surface area contributed by atoms with Crippen LogP contribution in [0.5, 0.6) is 5.75 Å². The number of carbonyl (C=O) groups excluding carboxylic acids is 2. The van der Waals surface area contributed by atoms with Crippen molar-refractivity contribution in [2.24, 2.45) is 0 Å². The predicted octanol–water partition coefficient (Wildman–Crippen LogP) is 4.93. The van der Waals surface area contributed by atoms with E-state index < -0.39 is 11.7 Å². The minimum atomic E-state index is -0.496. The summed E-state index contributed by atoms with van der Waals surface area (Å²) in [6.45, 7) is 1.86. The predicted molar refractivity (Wildman–Crippen MR) is 111 cm³/mol. The van der Waals surface area contributed by atoms with Crippen LogP contribution in [0.3, 0.4) is 0 Å². The van der Waals surface area contributed by atoms with Crippen molar-refractivity contribution in [1.29, 1.82) is 0 Å². The fourth-order valence-corrected chi connectivity index (χ4v) is 4.76. The topological polar surface area (TPSA) is 67.4 Å². The fraction of sp³-hybridized carbons (Fsp3) is 0.182. The van der Waals surface area contributed by atoms with E-state index in [2.05, 4.69) is 10.6 Å². The molecule has 1 aliphatic rings. The Kier molecular flexibility index (Phi) is 5.07. The van der Waals surface area contributed by atoms with E-state index >= 15 is 0 Å². The van der Waals surface area contributed by atoms with Gasteiger partial charge in [-0.3, -0.25) is 9.59 Å². The molecule has 1 atom stereocenters. The maximum Gasteiger partial charge on any atom is 0.266 e. The van der Waals surface area contributed by atoms with Crippen LogP contribution in [-0.4, -0.2) is 18.9 Å². The summed E-state index contributed by atoms with van der Waals surface area (Å²) in [4.78, 5) is 25.6. The van der Waals surface area contributed by atoms with Crippen LogP contribution in [0.2, 0.25) is 0 Å². The van der Waals surface area contributed by atoms with Gasteiger partial charge in [-0.2, -0.15) is 0 Å². The lowest BCUT2D eigenvalue weighted by Crippen LogP contribution is -2.22. The number of methoxy groups -OCH3 is 1. The molecule has 2 heterocycles. The molecule has 7 heteroatoms. The summed E-state index contributed by atoms with van der Waals surface area (Å²) < 4.78 is 19.1. The number of hydrogen-bond donors (Lipinski definition) is 2. The van der Waals surface area contributed by atoms with Crippen molar-refractivity contribution in [2.45, 2.75) is 19.3 Å². The van der Waals surface area contributed by atoms with Crippen molar-refractivity contribution in [1.82, 2.24) is 0 Å². The van der Waals surface area contributed by atoms with Gasteiger partial charge in [-0.1, -0.05) is 24.3 Å². The van der Waals surface area contributed by atoms with Crippen LogP contribution in [0.15, 0.2) is 48.5 Å². The van der Waals surface area contributed by atoms with Crippen molar-refractivity contribution < 1.29 is 18.7 Å². The van der Waals surface area contributed by atoms with Gasteiger partial charge in [0.2, 0.25) is 5.91 Å². The number of fused-ring (bicyclic) bond motifs is 1. The third-order valence-corrected chi connectivity index (χ3v) is 6.25. The molecule has 1 aromatic heterocycles. The SMILES string of the molecule is COc1ccc([C@H]2CC(=O)Nc3sc(C(=O)Nc4ccccc4F)c(C)c32)cc1. The zero-order valence-corrected chi connectivity index (χ0v) is 16.7. The van der Waals surface area contributed by atoms with Gasteiger partial charge >= 0.3 is 0 Å². The molecule has 0 saturated carbocycles. The van der Waals surface area contributed by atoms with Gasteiger partial charge in [0.05, 0.1) is 22.7 Å². The van der Waals surface area contributed by atoms with Gasteiger partial charge in [0, 0.05) is 12.3 Å². The molecule has 2 aromatic carbocycles. The van der Waals surface area contributed by atoms with Crippen LogP contribution in [0.25, 0.3) is 0 Å².